The Morgan fingerprint density at radius 3 is 2.73 bits per heavy atom. The van der Waals surface area contributed by atoms with Gasteiger partial charge in [-0.15, -0.1) is 11.3 Å². The minimum absolute atomic E-state index is 0.0659. The van der Waals surface area contributed by atoms with Gasteiger partial charge in [-0.05, 0) is 56.6 Å². The van der Waals surface area contributed by atoms with Crippen LogP contribution in [0.15, 0.2) is 46.7 Å². The first-order chi connectivity index (χ1) is 17.9. The Morgan fingerprint density at radius 1 is 1.22 bits per heavy atom. The van der Waals surface area contributed by atoms with E-state index in [9.17, 15) is 13.2 Å². The topological polar surface area (TPSA) is 138 Å². The third-order valence-corrected chi connectivity index (χ3v) is 9.24. The van der Waals surface area contributed by atoms with Crippen molar-refractivity contribution in [1.29, 1.82) is 0 Å². The summed E-state index contributed by atoms with van der Waals surface area (Å²) in [5, 5.41) is 4.10. The first-order valence-electron chi connectivity index (χ1n) is 12.5. The minimum atomic E-state index is -3.72. The third kappa shape index (κ3) is 6.43. The SMILES string of the molecule is CCNS(=O)(=O)c1cc(Nc2ncc[nH]2)ccc1-c1cnc(C2CCC(C=NC(=O)OC3CC3)CC2)s1. The molecule has 2 saturated carbocycles. The number of hydrogen-bond acceptors (Lipinski definition) is 8. The monoisotopic (exact) mass is 542 g/mol. The number of sulfonamides is 1. The molecule has 1 aromatic carbocycles. The Hall–Kier alpha value is -3.09. The number of amides is 1. The average molecular weight is 543 g/mol. The standard InChI is InChI=1S/C25H30N6O4S2/c1-2-30-37(33,34)22-13-18(31-24-26-11-12-27-24)7-10-20(22)21-15-28-23(36-21)17-5-3-16(4-6-17)14-29-25(32)35-19-8-9-19/h7,10-17,19,30H,2-6,8-9H2,1H3,(H2,26,27,31). The first kappa shape index (κ1) is 25.6. The van der Waals surface area contributed by atoms with E-state index in [4.69, 9.17) is 4.74 Å². The maximum Gasteiger partial charge on any atom is 0.433 e. The van der Waals surface area contributed by atoms with Gasteiger partial charge in [0.05, 0.1) is 14.8 Å². The molecule has 37 heavy (non-hydrogen) atoms. The van der Waals surface area contributed by atoms with Crippen LogP contribution in [0.3, 0.4) is 0 Å². The Bertz CT molecular complexity index is 1360. The molecule has 5 rings (SSSR count). The number of rotatable bonds is 9. The van der Waals surface area contributed by atoms with Crippen LogP contribution < -0.4 is 10.0 Å². The third-order valence-electron chi connectivity index (χ3n) is 6.46. The number of aromatic amines is 1. The van der Waals surface area contributed by atoms with Crippen molar-refractivity contribution >= 4 is 45.3 Å². The highest BCUT2D eigenvalue weighted by Crippen LogP contribution is 2.41. The number of carbonyl (C=O) groups excluding carboxylic acids is 1. The summed E-state index contributed by atoms with van der Waals surface area (Å²) in [5.41, 5.74) is 1.23. The number of nitrogens with one attached hydrogen (secondary N) is 3. The van der Waals surface area contributed by atoms with Gasteiger partial charge in [0, 0.05) is 48.5 Å². The highest BCUT2D eigenvalue weighted by molar-refractivity contribution is 7.89. The number of aliphatic imine (C=N–C) groups is 1. The lowest BCUT2D eigenvalue weighted by molar-refractivity contribution is 0.150. The lowest BCUT2D eigenvalue weighted by Crippen LogP contribution is -2.23. The molecule has 0 bridgehead atoms. The zero-order valence-corrected chi connectivity index (χ0v) is 22.1. The van der Waals surface area contributed by atoms with Crippen molar-refractivity contribution in [3.05, 3.63) is 41.8 Å². The molecule has 3 aromatic rings. The van der Waals surface area contributed by atoms with Crippen molar-refractivity contribution in [2.24, 2.45) is 10.9 Å². The molecule has 0 spiro atoms. The van der Waals surface area contributed by atoms with Crippen LogP contribution in [-0.4, -0.2) is 48.3 Å². The second-order valence-electron chi connectivity index (χ2n) is 9.31. The zero-order chi connectivity index (χ0) is 25.8. The predicted molar refractivity (Wildman–Crippen MR) is 143 cm³/mol. The number of carbonyl (C=O) groups is 1. The highest BCUT2D eigenvalue weighted by atomic mass is 32.2. The van der Waals surface area contributed by atoms with E-state index in [0.717, 1.165) is 48.4 Å². The van der Waals surface area contributed by atoms with Crippen LogP contribution in [-0.2, 0) is 14.8 Å². The average Bonchev–Trinajstić information content (AvgIpc) is 3.32. The molecule has 0 unspecified atom stereocenters. The molecule has 1 amide bonds. The van der Waals surface area contributed by atoms with Gasteiger partial charge in [0.2, 0.25) is 16.0 Å². The Balaban J connectivity index is 1.30. The van der Waals surface area contributed by atoms with Crippen LogP contribution in [0, 0.1) is 5.92 Å². The predicted octanol–water partition coefficient (Wildman–Crippen LogP) is 5.22. The number of hydrogen-bond donors (Lipinski definition) is 3. The van der Waals surface area contributed by atoms with E-state index in [0.29, 0.717) is 23.1 Å². The Kier molecular flexibility index (Phi) is 7.68. The second kappa shape index (κ2) is 11.1. The maximum atomic E-state index is 13.1. The number of thiazole rings is 1. The number of aromatic nitrogens is 3. The smallest absolute Gasteiger partial charge is 0.433 e. The van der Waals surface area contributed by atoms with Crippen LogP contribution in [0.5, 0.6) is 0 Å². The Labute approximate surface area is 220 Å². The van der Waals surface area contributed by atoms with E-state index in [1.54, 1.807) is 43.9 Å². The van der Waals surface area contributed by atoms with Crippen molar-refractivity contribution in [2.45, 2.75) is 62.4 Å². The van der Waals surface area contributed by atoms with Gasteiger partial charge in [-0.1, -0.05) is 13.0 Å². The van der Waals surface area contributed by atoms with Gasteiger partial charge >= 0.3 is 6.09 Å². The van der Waals surface area contributed by atoms with Gasteiger partial charge in [-0.25, -0.2) is 27.9 Å². The quantitative estimate of drug-likeness (QED) is 0.315. The number of benzene rings is 1. The number of H-pyrrole nitrogens is 1. The van der Waals surface area contributed by atoms with Crippen LogP contribution in [0.2, 0.25) is 0 Å². The molecule has 0 aliphatic heterocycles. The summed E-state index contributed by atoms with van der Waals surface area (Å²) in [4.78, 5) is 28.5. The summed E-state index contributed by atoms with van der Waals surface area (Å²) >= 11 is 1.54. The maximum absolute atomic E-state index is 13.1. The summed E-state index contributed by atoms with van der Waals surface area (Å²) in [5.74, 6) is 1.09. The summed E-state index contributed by atoms with van der Waals surface area (Å²) in [6.45, 7) is 2.04. The number of anilines is 2. The molecule has 2 aromatic heterocycles. The number of imidazole rings is 1. The van der Waals surface area contributed by atoms with Gasteiger partial charge in [0.1, 0.15) is 6.10 Å². The molecule has 2 heterocycles. The van der Waals surface area contributed by atoms with E-state index in [1.807, 2.05) is 6.07 Å². The van der Waals surface area contributed by atoms with Gasteiger partial charge < -0.3 is 15.0 Å². The van der Waals surface area contributed by atoms with Crippen LogP contribution in [0.25, 0.3) is 10.4 Å². The Morgan fingerprint density at radius 2 is 2.03 bits per heavy atom. The molecule has 0 radical (unpaired) electrons. The van der Waals surface area contributed by atoms with Crippen molar-refractivity contribution in [2.75, 3.05) is 11.9 Å². The fourth-order valence-corrected chi connectivity index (χ4v) is 6.88. The van der Waals surface area contributed by atoms with Crippen LogP contribution >= 0.6 is 11.3 Å². The zero-order valence-electron chi connectivity index (χ0n) is 20.5. The van der Waals surface area contributed by atoms with Crippen molar-refractivity contribution < 1.29 is 17.9 Å². The molecule has 2 aliphatic rings. The molecule has 196 valence electrons. The molecule has 0 atom stereocenters. The fourth-order valence-electron chi connectivity index (χ4n) is 4.41. The van der Waals surface area contributed by atoms with E-state index >= 15 is 0 Å². The van der Waals surface area contributed by atoms with Crippen LogP contribution in [0.4, 0.5) is 16.4 Å². The summed E-state index contributed by atoms with van der Waals surface area (Å²) < 4.78 is 33.9. The molecule has 2 aliphatic carbocycles. The lowest BCUT2D eigenvalue weighted by atomic mass is 9.83. The number of nitrogens with zero attached hydrogens (tertiary/aromatic N) is 3. The normalized spacial score (nSPS) is 20.2. The van der Waals surface area contributed by atoms with Crippen molar-refractivity contribution in [3.8, 4) is 10.4 Å². The van der Waals surface area contributed by atoms with Crippen LogP contribution in [0.1, 0.15) is 56.4 Å². The highest BCUT2D eigenvalue weighted by Gasteiger charge is 2.27. The van der Waals surface area contributed by atoms with Gasteiger partial charge in [-0.3, -0.25) is 0 Å². The largest absolute Gasteiger partial charge is 0.445 e. The summed E-state index contributed by atoms with van der Waals surface area (Å²) in [6, 6.07) is 5.26. The van der Waals surface area contributed by atoms with Gasteiger partial charge in [-0.2, -0.15) is 4.99 Å². The van der Waals surface area contributed by atoms with E-state index in [-0.39, 0.29) is 23.5 Å². The summed E-state index contributed by atoms with van der Waals surface area (Å²) in [7, 11) is -3.72. The van der Waals surface area contributed by atoms with Crippen molar-refractivity contribution in [3.63, 3.8) is 0 Å². The van der Waals surface area contributed by atoms with Gasteiger partial charge in [0.25, 0.3) is 0 Å². The lowest BCUT2D eigenvalue weighted by Gasteiger charge is -2.24. The molecule has 2 fully saturated rings. The molecule has 3 N–H and O–H groups in total. The summed E-state index contributed by atoms with van der Waals surface area (Å²) in [6.07, 6.45) is 12.0. The van der Waals surface area contributed by atoms with E-state index < -0.39 is 16.1 Å². The number of ether oxygens (including phenoxy) is 1. The molecular formula is C25H30N6O4S2. The minimum Gasteiger partial charge on any atom is -0.445 e. The van der Waals surface area contributed by atoms with Crippen molar-refractivity contribution in [1.82, 2.24) is 19.7 Å². The second-order valence-corrected chi connectivity index (χ2v) is 12.1. The first-order valence-corrected chi connectivity index (χ1v) is 14.8. The fraction of sp³-hybridized carbons (Fsp3) is 0.440. The van der Waals surface area contributed by atoms with E-state index in [1.165, 1.54) is 11.3 Å². The molecule has 12 heteroatoms. The molecule has 10 nitrogen and oxygen atoms in total. The van der Waals surface area contributed by atoms with Gasteiger partial charge in [0.15, 0.2) is 0 Å². The molecular weight excluding hydrogens is 512 g/mol. The van der Waals surface area contributed by atoms with E-state index in [2.05, 4.69) is 30.0 Å². The molecule has 0 saturated heterocycles.